The SMILES string of the molecule is Cc1cc(=O)oc2cc(OCc3cc(=O)oc4cc(Br)ccc34)c(Cl)cc12. The first-order chi connectivity index (χ1) is 12.9. The zero-order chi connectivity index (χ0) is 19.1. The van der Waals surface area contributed by atoms with Crippen LogP contribution in [0.1, 0.15) is 11.1 Å². The van der Waals surface area contributed by atoms with Crippen molar-refractivity contribution in [3.8, 4) is 5.75 Å². The molecule has 0 spiro atoms. The van der Waals surface area contributed by atoms with Gasteiger partial charge in [0.2, 0.25) is 0 Å². The summed E-state index contributed by atoms with van der Waals surface area (Å²) in [4.78, 5) is 23.4. The highest BCUT2D eigenvalue weighted by Crippen LogP contribution is 2.32. The molecular weight excluding hydrogens is 436 g/mol. The fourth-order valence-electron chi connectivity index (χ4n) is 2.91. The molecule has 0 fully saturated rings. The number of ether oxygens (including phenoxy) is 1. The van der Waals surface area contributed by atoms with Gasteiger partial charge in [0, 0.05) is 39.0 Å². The topological polar surface area (TPSA) is 69.7 Å². The summed E-state index contributed by atoms with van der Waals surface area (Å²) < 4.78 is 17.1. The van der Waals surface area contributed by atoms with Crippen LogP contribution in [0.25, 0.3) is 21.9 Å². The van der Waals surface area contributed by atoms with Crippen molar-refractivity contribution in [2.24, 2.45) is 0 Å². The van der Waals surface area contributed by atoms with Crippen molar-refractivity contribution in [2.45, 2.75) is 13.5 Å². The van der Waals surface area contributed by atoms with Gasteiger partial charge in [-0.05, 0) is 36.8 Å². The lowest BCUT2D eigenvalue weighted by atomic mass is 10.1. The number of aryl methyl sites for hydroxylation is 1. The van der Waals surface area contributed by atoms with Gasteiger partial charge in [-0.15, -0.1) is 0 Å². The standard InChI is InChI=1S/C20H12BrClO5/c1-10-4-19(23)27-17-8-18(15(22)7-14(10)17)25-9-11-5-20(24)26-16-6-12(21)2-3-13(11)16/h2-8H,9H2,1H3. The van der Waals surface area contributed by atoms with E-state index in [1.54, 1.807) is 18.2 Å². The Morgan fingerprint density at radius 1 is 0.963 bits per heavy atom. The molecule has 0 amide bonds. The van der Waals surface area contributed by atoms with E-state index < -0.39 is 11.3 Å². The smallest absolute Gasteiger partial charge is 0.336 e. The molecule has 4 rings (SSSR count). The van der Waals surface area contributed by atoms with Crippen LogP contribution in [0, 0.1) is 6.92 Å². The van der Waals surface area contributed by atoms with E-state index in [1.165, 1.54) is 12.1 Å². The van der Waals surface area contributed by atoms with Gasteiger partial charge in [0.1, 0.15) is 23.5 Å². The number of fused-ring (bicyclic) bond motifs is 2. The lowest BCUT2D eigenvalue weighted by Gasteiger charge is -2.11. The Balaban J connectivity index is 1.74. The van der Waals surface area contributed by atoms with Gasteiger partial charge in [-0.2, -0.15) is 0 Å². The van der Waals surface area contributed by atoms with Crippen LogP contribution in [0.5, 0.6) is 5.75 Å². The minimum atomic E-state index is -0.467. The minimum absolute atomic E-state index is 0.102. The third-order valence-corrected chi connectivity index (χ3v) is 4.97. The van der Waals surface area contributed by atoms with E-state index in [0.717, 1.165) is 20.8 Å². The van der Waals surface area contributed by atoms with E-state index in [9.17, 15) is 9.59 Å². The summed E-state index contributed by atoms with van der Waals surface area (Å²) in [5, 5.41) is 1.88. The second-order valence-corrected chi connectivity index (χ2v) is 7.37. The van der Waals surface area contributed by atoms with E-state index in [4.69, 9.17) is 25.2 Å². The summed E-state index contributed by atoms with van der Waals surface area (Å²) in [6, 6.07) is 11.5. The van der Waals surface area contributed by atoms with Gasteiger partial charge in [-0.25, -0.2) is 9.59 Å². The van der Waals surface area contributed by atoms with E-state index in [1.807, 2.05) is 19.1 Å². The third kappa shape index (κ3) is 3.50. The average Bonchev–Trinajstić information content (AvgIpc) is 2.60. The third-order valence-electron chi connectivity index (χ3n) is 4.18. The highest BCUT2D eigenvalue weighted by atomic mass is 79.9. The fraction of sp³-hybridized carbons (Fsp3) is 0.100. The van der Waals surface area contributed by atoms with E-state index in [0.29, 0.717) is 27.5 Å². The van der Waals surface area contributed by atoms with Crippen molar-refractivity contribution in [1.29, 1.82) is 0 Å². The fourth-order valence-corrected chi connectivity index (χ4v) is 3.47. The first-order valence-corrected chi connectivity index (χ1v) is 9.17. The zero-order valence-electron chi connectivity index (χ0n) is 14.0. The molecule has 2 aromatic carbocycles. The van der Waals surface area contributed by atoms with Gasteiger partial charge in [-0.1, -0.05) is 27.5 Å². The normalized spacial score (nSPS) is 11.2. The molecule has 2 aromatic heterocycles. The molecule has 0 saturated carbocycles. The number of hydrogen-bond donors (Lipinski definition) is 0. The van der Waals surface area contributed by atoms with Crippen molar-refractivity contribution < 1.29 is 13.6 Å². The molecule has 0 atom stereocenters. The maximum atomic E-state index is 11.8. The molecule has 5 nitrogen and oxygen atoms in total. The van der Waals surface area contributed by atoms with Crippen molar-refractivity contribution in [1.82, 2.24) is 0 Å². The Morgan fingerprint density at radius 3 is 2.44 bits per heavy atom. The predicted octanol–water partition coefficient (Wildman–Crippen LogP) is 5.20. The van der Waals surface area contributed by atoms with Crippen LogP contribution in [0.4, 0.5) is 0 Å². The zero-order valence-corrected chi connectivity index (χ0v) is 16.4. The second kappa shape index (κ2) is 6.87. The largest absolute Gasteiger partial charge is 0.487 e. The summed E-state index contributed by atoms with van der Waals surface area (Å²) >= 11 is 9.67. The molecule has 0 unspecified atom stereocenters. The highest BCUT2D eigenvalue weighted by molar-refractivity contribution is 9.10. The van der Waals surface area contributed by atoms with Gasteiger partial charge in [-0.3, -0.25) is 0 Å². The van der Waals surface area contributed by atoms with Crippen molar-refractivity contribution in [2.75, 3.05) is 0 Å². The molecule has 0 aliphatic rings. The first kappa shape index (κ1) is 17.8. The van der Waals surface area contributed by atoms with Crippen LogP contribution in [0.15, 0.2) is 65.4 Å². The van der Waals surface area contributed by atoms with E-state index >= 15 is 0 Å². The van der Waals surface area contributed by atoms with E-state index in [2.05, 4.69) is 15.9 Å². The Kier molecular flexibility index (Phi) is 4.53. The molecular formula is C20H12BrClO5. The first-order valence-electron chi connectivity index (χ1n) is 8.00. The van der Waals surface area contributed by atoms with Crippen LogP contribution in [-0.4, -0.2) is 0 Å². The average molecular weight is 448 g/mol. The maximum absolute atomic E-state index is 11.8. The molecule has 136 valence electrons. The van der Waals surface area contributed by atoms with E-state index in [-0.39, 0.29) is 6.61 Å². The lowest BCUT2D eigenvalue weighted by Crippen LogP contribution is -2.04. The van der Waals surface area contributed by atoms with Gasteiger partial charge in [0.05, 0.1) is 5.02 Å². The number of halogens is 2. The van der Waals surface area contributed by atoms with Crippen LogP contribution >= 0.6 is 27.5 Å². The number of benzene rings is 2. The Bertz CT molecular complexity index is 1310. The second-order valence-electron chi connectivity index (χ2n) is 6.05. The number of hydrogen-bond acceptors (Lipinski definition) is 5. The van der Waals surface area contributed by atoms with Crippen molar-refractivity contribution >= 4 is 49.5 Å². The molecule has 0 aliphatic heterocycles. The van der Waals surface area contributed by atoms with Gasteiger partial charge in [0.15, 0.2) is 0 Å². The van der Waals surface area contributed by atoms with Gasteiger partial charge >= 0.3 is 11.3 Å². The quantitative estimate of drug-likeness (QED) is 0.404. The molecule has 7 heteroatoms. The summed E-state index contributed by atoms with van der Waals surface area (Å²) in [7, 11) is 0. The Labute approximate surface area is 166 Å². The van der Waals surface area contributed by atoms with Crippen molar-refractivity contribution in [3.05, 3.63) is 83.9 Å². The maximum Gasteiger partial charge on any atom is 0.336 e. The molecule has 0 radical (unpaired) electrons. The van der Waals surface area contributed by atoms with Gasteiger partial charge in [0.25, 0.3) is 0 Å². The summed E-state index contributed by atoms with van der Waals surface area (Å²) in [5.41, 5.74) is 1.38. The molecule has 2 heterocycles. The number of rotatable bonds is 3. The highest BCUT2D eigenvalue weighted by Gasteiger charge is 2.12. The molecule has 4 aromatic rings. The van der Waals surface area contributed by atoms with Crippen LogP contribution in [0.3, 0.4) is 0 Å². The monoisotopic (exact) mass is 446 g/mol. The van der Waals surface area contributed by atoms with Gasteiger partial charge < -0.3 is 13.6 Å². The van der Waals surface area contributed by atoms with Crippen LogP contribution in [-0.2, 0) is 6.61 Å². The molecule has 0 bridgehead atoms. The summed E-state index contributed by atoms with van der Waals surface area (Å²) in [6.45, 7) is 1.91. The van der Waals surface area contributed by atoms with Crippen LogP contribution < -0.4 is 16.0 Å². The molecule has 0 aliphatic carbocycles. The summed E-state index contributed by atoms with van der Waals surface area (Å²) in [5.74, 6) is 0.358. The minimum Gasteiger partial charge on any atom is -0.487 e. The Hall–Kier alpha value is -2.57. The lowest BCUT2D eigenvalue weighted by molar-refractivity contribution is 0.306. The Morgan fingerprint density at radius 2 is 1.67 bits per heavy atom. The van der Waals surface area contributed by atoms with Crippen LogP contribution in [0.2, 0.25) is 5.02 Å². The summed E-state index contributed by atoms with van der Waals surface area (Å²) in [6.07, 6.45) is 0. The molecule has 0 N–H and O–H groups in total. The van der Waals surface area contributed by atoms with Crippen molar-refractivity contribution in [3.63, 3.8) is 0 Å². The molecule has 0 saturated heterocycles. The molecule has 27 heavy (non-hydrogen) atoms. The predicted molar refractivity (Wildman–Crippen MR) is 107 cm³/mol.